The van der Waals surface area contributed by atoms with Gasteiger partial charge < -0.3 is 10.4 Å². The predicted molar refractivity (Wildman–Crippen MR) is 123 cm³/mol. The summed E-state index contributed by atoms with van der Waals surface area (Å²) in [7, 11) is -4.04. The van der Waals surface area contributed by atoms with Gasteiger partial charge in [-0.05, 0) is 66.8 Å². The fourth-order valence-corrected chi connectivity index (χ4v) is 4.41. The molecule has 0 spiro atoms. The fraction of sp³-hybridized carbons (Fsp3) is 0.208. The minimum absolute atomic E-state index is 0.0536. The third kappa shape index (κ3) is 7.23. The summed E-state index contributed by atoms with van der Waals surface area (Å²) >= 11 is 0. The lowest BCUT2D eigenvalue weighted by Gasteiger charge is -2.16. The SMILES string of the molecule is O=C(NC[C@H](NS(=O)(=O)c1ccccc1)C(=O)O)c1ccc(CCCc2ccncc2)cc1. The minimum atomic E-state index is -4.04. The van der Waals surface area contributed by atoms with Crippen LogP contribution in [0.2, 0.25) is 0 Å². The van der Waals surface area contributed by atoms with Crippen molar-refractivity contribution in [1.82, 2.24) is 15.0 Å². The third-order valence-electron chi connectivity index (χ3n) is 5.01. The standard InChI is InChI=1S/C24H25N3O5S/c28-23(20-11-9-18(10-12-20)5-4-6-19-13-15-25-16-14-19)26-17-22(24(29)30)27-33(31,32)21-7-2-1-3-8-21/h1-3,7-16,22,27H,4-6,17H2,(H,26,28)(H,29,30)/t22-/m0/s1. The molecule has 1 aromatic heterocycles. The Bertz CT molecular complexity index is 1170. The van der Waals surface area contributed by atoms with E-state index in [0.717, 1.165) is 24.8 Å². The van der Waals surface area contributed by atoms with Crippen molar-refractivity contribution >= 4 is 21.9 Å². The van der Waals surface area contributed by atoms with Crippen molar-refractivity contribution in [3.63, 3.8) is 0 Å². The Morgan fingerprint density at radius 2 is 1.48 bits per heavy atom. The van der Waals surface area contributed by atoms with E-state index in [1.807, 2.05) is 24.3 Å². The maximum Gasteiger partial charge on any atom is 0.323 e. The first-order valence-electron chi connectivity index (χ1n) is 10.4. The largest absolute Gasteiger partial charge is 0.480 e. The molecule has 172 valence electrons. The maximum atomic E-state index is 12.4. The van der Waals surface area contributed by atoms with Crippen LogP contribution in [0.25, 0.3) is 0 Å². The predicted octanol–water partition coefficient (Wildman–Crippen LogP) is 2.42. The quantitative estimate of drug-likeness (QED) is 0.398. The van der Waals surface area contributed by atoms with Crippen molar-refractivity contribution in [2.75, 3.05) is 6.54 Å². The van der Waals surface area contributed by atoms with Gasteiger partial charge in [-0.25, -0.2) is 8.42 Å². The van der Waals surface area contributed by atoms with Gasteiger partial charge in [0.15, 0.2) is 0 Å². The van der Waals surface area contributed by atoms with Crippen molar-refractivity contribution < 1.29 is 23.1 Å². The number of nitrogens with one attached hydrogen (secondary N) is 2. The molecular weight excluding hydrogens is 442 g/mol. The summed E-state index contributed by atoms with van der Waals surface area (Å²) in [5.41, 5.74) is 2.67. The third-order valence-corrected chi connectivity index (χ3v) is 6.50. The summed E-state index contributed by atoms with van der Waals surface area (Å²) in [5.74, 6) is -1.87. The van der Waals surface area contributed by atoms with Crippen LogP contribution in [0.15, 0.2) is 84.0 Å². The lowest BCUT2D eigenvalue weighted by Crippen LogP contribution is -2.48. The van der Waals surface area contributed by atoms with Gasteiger partial charge in [-0.15, -0.1) is 0 Å². The highest BCUT2D eigenvalue weighted by molar-refractivity contribution is 7.89. The smallest absolute Gasteiger partial charge is 0.323 e. The van der Waals surface area contributed by atoms with E-state index in [1.165, 1.54) is 29.8 Å². The minimum Gasteiger partial charge on any atom is -0.480 e. The number of aryl methyl sites for hydroxylation is 2. The molecular formula is C24H25N3O5S. The number of benzene rings is 2. The van der Waals surface area contributed by atoms with Gasteiger partial charge in [-0.3, -0.25) is 14.6 Å². The fourth-order valence-electron chi connectivity index (χ4n) is 3.20. The van der Waals surface area contributed by atoms with E-state index in [0.29, 0.717) is 5.56 Å². The Hall–Kier alpha value is -3.56. The molecule has 0 aliphatic carbocycles. The molecule has 0 radical (unpaired) electrons. The van der Waals surface area contributed by atoms with Crippen LogP contribution in [-0.2, 0) is 27.7 Å². The second kappa shape index (κ2) is 11.3. The number of nitrogens with zero attached hydrogens (tertiary/aromatic N) is 1. The Morgan fingerprint density at radius 1 is 0.879 bits per heavy atom. The van der Waals surface area contributed by atoms with Crippen molar-refractivity contribution in [3.8, 4) is 0 Å². The molecule has 0 fully saturated rings. The average Bonchev–Trinajstić information content (AvgIpc) is 2.83. The van der Waals surface area contributed by atoms with E-state index >= 15 is 0 Å². The van der Waals surface area contributed by atoms with Gasteiger partial charge in [0.05, 0.1) is 4.90 Å². The van der Waals surface area contributed by atoms with Crippen LogP contribution in [0.5, 0.6) is 0 Å². The van der Waals surface area contributed by atoms with Gasteiger partial charge in [0.2, 0.25) is 10.0 Å². The molecule has 0 saturated heterocycles. The number of amides is 1. The van der Waals surface area contributed by atoms with E-state index in [4.69, 9.17) is 0 Å². The number of sulfonamides is 1. The Balaban J connectivity index is 1.52. The zero-order valence-electron chi connectivity index (χ0n) is 17.8. The monoisotopic (exact) mass is 467 g/mol. The van der Waals surface area contributed by atoms with E-state index < -0.39 is 34.5 Å². The molecule has 1 atom stereocenters. The molecule has 8 nitrogen and oxygen atoms in total. The Labute approximate surface area is 192 Å². The van der Waals surface area contributed by atoms with Crippen molar-refractivity contribution in [3.05, 3.63) is 95.8 Å². The molecule has 3 aromatic rings. The molecule has 1 amide bonds. The number of carbonyl (C=O) groups is 2. The first kappa shape index (κ1) is 24.1. The molecule has 0 saturated carbocycles. The number of carboxylic acids is 1. The summed E-state index contributed by atoms with van der Waals surface area (Å²) in [6, 6.07) is 17.0. The summed E-state index contributed by atoms with van der Waals surface area (Å²) in [5, 5.41) is 11.9. The normalized spacial score (nSPS) is 12.1. The lowest BCUT2D eigenvalue weighted by atomic mass is 10.0. The second-order valence-corrected chi connectivity index (χ2v) is 9.16. The van der Waals surface area contributed by atoms with Crippen molar-refractivity contribution in [2.45, 2.75) is 30.2 Å². The van der Waals surface area contributed by atoms with Crippen LogP contribution in [-0.4, -0.2) is 43.0 Å². The molecule has 0 aliphatic rings. The summed E-state index contributed by atoms with van der Waals surface area (Å²) in [6.07, 6.45) is 6.28. The lowest BCUT2D eigenvalue weighted by molar-refractivity contribution is -0.138. The van der Waals surface area contributed by atoms with Crippen LogP contribution in [0, 0.1) is 0 Å². The molecule has 9 heteroatoms. The zero-order chi connectivity index (χ0) is 23.7. The number of rotatable bonds is 11. The topological polar surface area (TPSA) is 125 Å². The van der Waals surface area contributed by atoms with E-state index in [9.17, 15) is 23.1 Å². The van der Waals surface area contributed by atoms with E-state index in [1.54, 1.807) is 30.6 Å². The number of aromatic nitrogens is 1. The van der Waals surface area contributed by atoms with Gasteiger partial charge in [0, 0.05) is 24.5 Å². The van der Waals surface area contributed by atoms with Crippen LogP contribution in [0.1, 0.15) is 27.9 Å². The van der Waals surface area contributed by atoms with Crippen LogP contribution in [0.4, 0.5) is 0 Å². The summed E-state index contributed by atoms with van der Waals surface area (Å²) in [6.45, 7) is -0.395. The van der Waals surface area contributed by atoms with E-state index in [-0.39, 0.29) is 4.90 Å². The number of pyridine rings is 1. The molecule has 2 aromatic carbocycles. The Morgan fingerprint density at radius 3 is 2.09 bits per heavy atom. The highest BCUT2D eigenvalue weighted by Gasteiger charge is 2.25. The number of carbonyl (C=O) groups excluding carboxylic acids is 1. The highest BCUT2D eigenvalue weighted by Crippen LogP contribution is 2.11. The van der Waals surface area contributed by atoms with Crippen molar-refractivity contribution in [2.24, 2.45) is 0 Å². The number of carboxylic acid groups (broad SMARTS) is 1. The summed E-state index contributed by atoms with van der Waals surface area (Å²) in [4.78, 5) is 27.9. The first-order valence-corrected chi connectivity index (χ1v) is 11.9. The molecule has 33 heavy (non-hydrogen) atoms. The zero-order valence-corrected chi connectivity index (χ0v) is 18.7. The highest BCUT2D eigenvalue weighted by atomic mass is 32.2. The van der Waals surface area contributed by atoms with Crippen LogP contribution >= 0.6 is 0 Å². The van der Waals surface area contributed by atoms with Gasteiger partial charge >= 0.3 is 5.97 Å². The second-order valence-electron chi connectivity index (χ2n) is 7.44. The van der Waals surface area contributed by atoms with Crippen LogP contribution in [0.3, 0.4) is 0 Å². The van der Waals surface area contributed by atoms with Gasteiger partial charge in [0.1, 0.15) is 6.04 Å². The van der Waals surface area contributed by atoms with Crippen LogP contribution < -0.4 is 10.0 Å². The van der Waals surface area contributed by atoms with Gasteiger partial charge in [-0.1, -0.05) is 30.3 Å². The molecule has 3 N–H and O–H groups in total. The molecule has 1 heterocycles. The molecule has 0 bridgehead atoms. The average molecular weight is 468 g/mol. The molecule has 0 aliphatic heterocycles. The van der Waals surface area contributed by atoms with Gasteiger partial charge in [-0.2, -0.15) is 4.72 Å². The number of hydrogen-bond donors (Lipinski definition) is 3. The van der Waals surface area contributed by atoms with Crippen molar-refractivity contribution in [1.29, 1.82) is 0 Å². The van der Waals surface area contributed by atoms with Gasteiger partial charge in [0.25, 0.3) is 5.91 Å². The first-order chi connectivity index (χ1) is 15.8. The Kier molecular flexibility index (Phi) is 8.28. The maximum absolute atomic E-state index is 12.4. The summed E-state index contributed by atoms with van der Waals surface area (Å²) < 4.78 is 26.9. The molecule has 3 rings (SSSR count). The molecule has 0 unspecified atom stereocenters. The number of hydrogen-bond acceptors (Lipinski definition) is 5. The number of aliphatic carboxylic acids is 1. The van der Waals surface area contributed by atoms with E-state index in [2.05, 4.69) is 15.0 Å².